The summed E-state index contributed by atoms with van der Waals surface area (Å²) in [5.41, 5.74) is 0.929. The van der Waals surface area contributed by atoms with Crippen LogP contribution in [-0.2, 0) is 4.79 Å². The molecule has 0 bridgehead atoms. The van der Waals surface area contributed by atoms with Crippen LogP contribution in [0.5, 0.6) is 0 Å². The van der Waals surface area contributed by atoms with Crippen molar-refractivity contribution in [2.75, 3.05) is 19.6 Å². The molecule has 7 heteroatoms. The maximum absolute atomic E-state index is 12.3. The van der Waals surface area contributed by atoms with Crippen molar-refractivity contribution in [3.63, 3.8) is 0 Å². The maximum atomic E-state index is 12.3. The lowest BCUT2D eigenvalue weighted by molar-refractivity contribution is -0.123. The lowest BCUT2D eigenvalue weighted by atomic mass is 10.2. The van der Waals surface area contributed by atoms with E-state index < -0.39 is 0 Å². The Kier molecular flexibility index (Phi) is 2.44. The third-order valence-electron chi connectivity index (χ3n) is 2.84. The van der Waals surface area contributed by atoms with Crippen LogP contribution in [0, 0.1) is 0 Å². The van der Waals surface area contributed by atoms with Crippen molar-refractivity contribution in [1.29, 1.82) is 0 Å². The van der Waals surface area contributed by atoms with Crippen LogP contribution in [0.25, 0.3) is 5.65 Å². The molecule has 1 aliphatic rings. The molecular formula is C11H11N5O2. The highest BCUT2D eigenvalue weighted by Crippen LogP contribution is 2.11. The quantitative estimate of drug-likeness (QED) is 0.720. The second-order valence-corrected chi connectivity index (χ2v) is 4.02. The topological polar surface area (TPSA) is 79.6 Å². The molecule has 0 aliphatic carbocycles. The molecule has 1 fully saturated rings. The molecule has 0 saturated carbocycles. The summed E-state index contributed by atoms with van der Waals surface area (Å²) >= 11 is 0. The molecule has 0 unspecified atom stereocenters. The molecule has 1 saturated heterocycles. The highest BCUT2D eigenvalue weighted by molar-refractivity contribution is 6.01. The molecule has 3 heterocycles. The number of piperazine rings is 1. The zero-order valence-corrected chi connectivity index (χ0v) is 9.54. The van der Waals surface area contributed by atoms with E-state index in [2.05, 4.69) is 15.4 Å². The van der Waals surface area contributed by atoms with Gasteiger partial charge in [-0.25, -0.2) is 9.50 Å². The molecule has 7 nitrogen and oxygen atoms in total. The van der Waals surface area contributed by atoms with Crippen LogP contribution in [0.4, 0.5) is 0 Å². The number of hydrogen-bond donors (Lipinski definition) is 1. The summed E-state index contributed by atoms with van der Waals surface area (Å²) in [4.78, 5) is 29.2. The van der Waals surface area contributed by atoms with E-state index in [4.69, 9.17) is 0 Å². The van der Waals surface area contributed by atoms with Gasteiger partial charge in [0.25, 0.3) is 5.91 Å². The van der Waals surface area contributed by atoms with Crippen molar-refractivity contribution in [1.82, 2.24) is 24.8 Å². The van der Waals surface area contributed by atoms with Crippen LogP contribution >= 0.6 is 0 Å². The van der Waals surface area contributed by atoms with Crippen LogP contribution < -0.4 is 5.32 Å². The van der Waals surface area contributed by atoms with E-state index in [9.17, 15) is 9.59 Å². The first-order chi connectivity index (χ1) is 8.75. The molecule has 18 heavy (non-hydrogen) atoms. The first-order valence-electron chi connectivity index (χ1n) is 5.60. The van der Waals surface area contributed by atoms with Crippen LogP contribution in [-0.4, -0.2) is 50.9 Å². The minimum absolute atomic E-state index is 0.0863. The Morgan fingerprint density at radius 1 is 1.44 bits per heavy atom. The molecule has 1 aliphatic heterocycles. The Morgan fingerprint density at radius 3 is 3.17 bits per heavy atom. The fourth-order valence-corrected chi connectivity index (χ4v) is 1.96. The smallest absolute Gasteiger partial charge is 0.259 e. The summed E-state index contributed by atoms with van der Waals surface area (Å²) in [6, 6.07) is 1.74. The van der Waals surface area contributed by atoms with E-state index in [-0.39, 0.29) is 18.4 Å². The normalized spacial score (nSPS) is 15.8. The standard InChI is InChI=1S/C11H11N5O2/c17-9-7-15(5-3-12-9)11(18)8-6-14-16-4-1-2-13-10(8)16/h1-2,4,6H,3,5,7H2,(H,12,17). The summed E-state index contributed by atoms with van der Waals surface area (Å²) in [6.45, 7) is 1.08. The Bertz CT molecular complexity index is 621. The summed E-state index contributed by atoms with van der Waals surface area (Å²) in [6.07, 6.45) is 4.82. The van der Waals surface area contributed by atoms with Crippen molar-refractivity contribution >= 4 is 17.5 Å². The molecule has 92 valence electrons. The van der Waals surface area contributed by atoms with Gasteiger partial charge in [0.15, 0.2) is 5.65 Å². The van der Waals surface area contributed by atoms with E-state index in [1.165, 1.54) is 15.6 Å². The van der Waals surface area contributed by atoms with Gasteiger partial charge in [-0.15, -0.1) is 0 Å². The van der Waals surface area contributed by atoms with Gasteiger partial charge in [0.1, 0.15) is 5.56 Å². The van der Waals surface area contributed by atoms with Gasteiger partial charge in [-0.2, -0.15) is 5.10 Å². The van der Waals surface area contributed by atoms with E-state index in [0.29, 0.717) is 24.3 Å². The minimum atomic E-state index is -0.210. The number of fused-ring (bicyclic) bond motifs is 1. The molecule has 2 aromatic heterocycles. The van der Waals surface area contributed by atoms with Crippen LogP contribution in [0.1, 0.15) is 10.4 Å². The second kappa shape index (κ2) is 4.10. The highest BCUT2D eigenvalue weighted by Gasteiger charge is 2.24. The fourth-order valence-electron chi connectivity index (χ4n) is 1.96. The third-order valence-corrected chi connectivity index (χ3v) is 2.84. The molecule has 3 rings (SSSR count). The lowest BCUT2D eigenvalue weighted by Gasteiger charge is -2.26. The number of amides is 2. The molecule has 0 aromatic carbocycles. The molecule has 0 spiro atoms. The predicted octanol–water partition coefficient (Wildman–Crippen LogP) is -0.699. The fraction of sp³-hybridized carbons (Fsp3) is 0.273. The first-order valence-corrected chi connectivity index (χ1v) is 5.60. The number of aromatic nitrogens is 3. The average molecular weight is 245 g/mol. The number of rotatable bonds is 1. The molecule has 0 atom stereocenters. The van der Waals surface area contributed by atoms with Gasteiger partial charge in [0, 0.05) is 25.5 Å². The van der Waals surface area contributed by atoms with Gasteiger partial charge < -0.3 is 10.2 Å². The highest BCUT2D eigenvalue weighted by atomic mass is 16.2. The van der Waals surface area contributed by atoms with Gasteiger partial charge in [0.2, 0.25) is 5.91 Å². The largest absolute Gasteiger partial charge is 0.353 e. The summed E-state index contributed by atoms with van der Waals surface area (Å²) in [7, 11) is 0. The maximum Gasteiger partial charge on any atom is 0.259 e. The summed E-state index contributed by atoms with van der Waals surface area (Å²) in [5.74, 6) is -0.349. The Hall–Kier alpha value is -2.44. The number of nitrogens with one attached hydrogen (secondary N) is 1. The van der Waals surface area contributed by atoms with Gasteiger partial charge in [-0.05, 0) is 6.07 Å². The zero-order chi connectivity index (χ0) is 12.5. The van der Waals surface area contributed by atoms with Gasteiger partial charge in [0.05, 0.1) is 12.7 Å². The molecule has 0 radical (unpaired) electrons. The van der Waals surface area contributed by atoms with Crippen LogP contribution in [0.2, 0.25) is 0 Å². The van der Waals surface area contributed by atoms with E-state index in [1.807, 2.05) is 0 Å². The summed E-state index contributed by atoms with van der Waals surface area (Å²) < 4.78 is 1.54. The second-order valence-electron chi connectivity index (χ2n) is 4.02. The van der Waals surface area contributed by atoms with Crippen LogP contribution in [0.3, 0.4) is 0 Å². The van der Waals surface area contributed by atoms with E-state index in [0.717, 1.165) is 0 Å². The minimum Gasteiger partial charge on any atom is -0.353 e. The van der Waals surface area contributed by atoms with Crippen molar-refractivity contribution in [3.8, 4) is 0 Å². The SMILES string of the molecule is O=C1CN(C(=O)c2cnn3cccnc23)CCN1. The Morgan fingerprint density at radius 2 is 2.33 bits per heavy atom. The number of carbonyl (C=O) groups is 2. The van der Waals surface area contributed by atoms with Crippen LogP contribution in [0.15, 0.2) is 24.7 Å². The Balaban J connectivity index is 1.94. The van der Waals surface area contributed by atoms with Gasteiger partial charge in [-0.3, -0.25) is 9.59 Å². The number of carbonyl (C=O) groups excluding carboxylic acids is 2. The zero-order valence-electron chi connectivity index (χ0n) is 9.54. The van der Waals surface area contributed by atoms with Crippen molar-refractivity contribution in [3.05, 3.63) is 30.2 Å². The first kappa shape index (κ1) is 10.7. The third kappa shape index (κ3) is 1.69. The average Bonchev–Trinajstić information content (AvgIpc) is 2.82. The van der Waals surface area contributed by atoms with Crippen molar-refractivity contribution < 1.29 is 9.59 Å². The molecule has 2 aromatic rings. The van der Waals surface area contributed by atoms with Crippen molar-refractivity contribution in [2.45, 2.75) is 0 Å². The predicted molar refractivity (Wildman–Crippen MR) is 61.9 cm³/mol. The number of hydrogen-bond acceptors (Lipinski definition) is 4. The van der Waals surface area contributed by atoms with E-state index >= 15 is 0 Å². The monoisotopic (exact) mass is 245 g/mol. The van der Waals surface area contributed by atoms with Crippen molar-refractivity contribution in [2.24, 2.45) is 0 Å². The Labute approximate surface area is 102 Å². The molecular weight excluding hydrogens is 234 g/mol. The van der Waals surface area contributed by atoms with Gasteiger partial charge in [-0.1, -0.05) is 0 Å². The van der Waals surface area contributed by atoms with Gasteiger partial charge >= 0.3 is 0 Å². The van der Waals surface area contributed by atoms with E-state index in [1.54, 1.807) is 18.5 Å². The molecule has 1 N–H and O–H groups in total. The lowest BCUT2D eigenvalue weighted by Crippen LogP contribution is -2.49. The summed E-state index contributed by atoms with van der Waals surface area (Å²) in [5, 5.41) is 6.74. The molecule has 2 amide bonds. The number of nitrogens with zero attached hydrogens (tertiary/aromatic N) is 4.